The molecule has 0 bridgehead atoms. The molecular formula is C19H25FIN3O2. The standard InChI is InChI=1S/C19H24FN3O2.HI/c1-24-17-7-6-15(13-18(17)25-2)9-11-23-19(21)22-10-8-14-4-3-5-16(20)12-14;/h3-7,12-13H,8-11H2,1-2H3,(H3,21,22,23);1H. The summed E-state index contributed by atoms with van der Waals surface area (Å²) in [4.78, 5) is 4.30. The van der Waals surface area contributed by atoms with Crippen molar-refractivity contribution >= 4 is 29.9 Å². The van der Waals surface area contributed by atoms with Gasteiger partial charge in [0.2, 0.25) is 0 Å². The van der Waals surface area contributed by atoms with E-state index in [0.29, 0.717) is 37.0 Å². The summed E-state index contributed by atoms with van der Waals surface area (Å²) >= 11 is 0. The number of hydrogen-bond donors (Lipinski definition) is 2. The first kappa shape index (κ1) is 22.0. The Morgan fingerprint density at radius 3 is 2.46 bits per heavy atom. The summed E-state index contributed by atoms with van der Waals surface area (Å²) in [5.41, 5.74) is 7.87. The van der Waals surface area contributed by atoms with E-state index in [-0.39, 0.29) is 29.8 Å². The Kier molecular flexibility index (Phi) is 9.79. The molecule has 2 aromatic carbocycles. The van der Waals surface area contributed by atoms with Gasteiger partial charge < -0.3 is 20.5 Å². The molecule has 0 aromatic heterocycles. The molecule has 2 rings (SSSR count). The Morgan fingerprint density at radius 2 is 1.77 bits per heavy atom. The van der Waals surface area contributed by atoms with Crippen LogP contribution in [0.2, 0.25) is 0 Å². The van der Waals surface area contributed by atoms with Gasteiger partial charge in [-0.05, 0) is 48.2 Å². The zero-order chi connectivity index (χ0) is 18.1. The molecule has 2 aromatic rings. The monoisotopic (exact) mass is 473 g/mol. The predicted octanol–water partition coefficient (Wildman–Crippen LogP) is 3.15. The number of aliphatic imine (C=N–C) groups is 1. The molecule has 0 aliphatic rings. The highest BCUT2D eigenvalue weighted by Crippen LogP contribution is 2.27. The van der Waals surface area contributed by atoms with Crippen molar-refractivity contribution in [2.24, 2.45) is 10.7 Å². The molecule has 0 atom stereocenters. The van der Waals surface area contributed by atoms with Crippen LogP contribution in [-0.2, 0) is 12.8 Å². The first-order valence-electron chi connectivity index (χ1n) is 8.11. The number of rotatable bonds is 8. The maximum Gasteiger partial charge on any atom is 0.188 e. The summed E-state index contributed by atoms with van der Waals surface area (Å²) in [6.45, 7) is 1.17. The van der Waals surface area contributed by atoms with Gasteiger partial charge in [-0.25, -0.2) is 4.39 Å². The number of benzene rings is 2. The van der Waals surface area contributed by atoms with E-state index in [9.17, 15) is 4.39 Å². The number of halogens is 2. The summed E-state index contributed by atoms with van der Waals surface area (Å²) in [7, 11) is 3.22. The molecule has 26 heavy (non-hydrogen) atoms. The van der Waals surface area contributed by atoms with E-state index in [2.05, 4.69) is 10.3 Å². The maximum atomic E-state index is 13.1. The van der Waals surface area contributed by atoms with Gasteiger partial charge in [-0.3, -0.25) is 4.99 Å². The minimum atomic E-state index is -0.228. The summed E-state index contributed by atoms with van der Waals surface area (Å²) < 4.78 is 23.6. The molecule has 0 heterocycles. The largest absolute Gasteiger partial charge is 0.493 e. The van der Waals surface area contributed by atoms with Crippen molar-refractivity contribution in [1.82, 2.24) is 5.32 Å². The summed E-state index contributed by atoms with van der Waals surface area (Å²) in [6, 6.07) is 12.3. The second-order valence-electron chi connectivity index (χ2n) is 5.51. The Labute approximate surface area is 170 Å². The van der Waals surface area contributed by atoms with E-state index >= 15 is 0 Å². The predicted molar refractivity (Wildman–Crippen MR) is 113 cm³/mol. The molecule has 0 aliphatic heterocycles. The highest BCUT2D eigenvalue weighted by atomic mass is 127. The van der Waals surface area contributed by atoms with Gasteiger partial charge >= 0.3 is 0 Å². The topological polar surface area (TPSA) is 68.9 Å². The van der Waals surface area contributed by atoms with Gasteiger partial charge in [-0.2, -0.15) is 0 Å². The molecule has 5 nitrogen and oxygen atoms in total. The van der Waals surface area contributed by atoms with E-state index in [1.807, 2.05) is 24.3 Å². The molecule has 0 spiro atoms. The van der Waals surface area contributed by atoms with Gasteiger partial charge in [0.05, 0.1) is 14.2 Å². The van der Waals surface area contributed by atoms with Crippen molar-refractivity contribution in [3.8, 4) is 11.5 Å². The Balaban J connectivity index is 0.00000338. The lowest BCUT2D eigenvalue weighted by atomic mass is 10.1. The number of hydrogen-bond acceptors (Lipinski definition) is 3. The molecule has 0 unspecified atom stereocenters. The van der Waals surface area contributed by atoms with Crippen LogP contribution in [0.4, 0.5) is 4.39 Å². The Bertz CT molecular complexity index is 726. The lowest BCUT2D eigenvalue weighted by Gasteiger charge is -2.09. The fourth-order valence-corrected chi connectivity index (χ4v) is 2.42. The van der Waals surface area contributed by atoms with Crippen molar-refractivity contribution in [3.05, 3.63) is 59.4 Å². The quantitative estimate of drug-likeness (QED) is 0.351. The van der Waals surface area contributed by atoms with Gasteiger partial charge in [0.15, 0.2) is 17.5 Å². The summed E-state index contributed by atoms with van der Waals surface area (Å²) in [5.74, 6) is 1.56. The van der Waals surface area contributed by atoms with Crippen LogP contribution < -0.4 is 20.5 Å². The van der Waals surface area contributed by atoms with Crippen molar-refractivity contribution in [2.45, 2.75) is 12.8 Å². The summed E-state index contributed by atoms with van der Waals surface area (Å²) in [5, 5.41) is 3.04. The number of guanidine groups is 1. The second-order valence-corrected chi connectivity index (χ2v) is 5.51. The molecule has 0 radical (unpaired) electrons. The third kappa shape index (κ3) is 7.07. The van der Waals surface area contributed by atoms with Gasteiger partial charge in [0.25, 0.3) is 0 Å². The molecule has 0 aliphatic carbocycles. The lowest BCUT2D eigenvalue weighted by Crippen LogP contribution is -2.33. The molecular weight excluding hydrogens is 448 g/mol. The Hall–Kier alpha value is -2.03. The number of nitrogens with zero attached hydrogens (tertiary/aromatic N) is 1. The first-order valence-corrected chi connectivity index (χ1v) is 8.11. The van der Waals surface area contributed by atoms with Crippen LogP contribution in [0.1, 0.15) is 11.1 Å². The molecule has 142 valence electrons. The highest BCUT2D eigenvalue weighted by Gasteiger charge is 2.04. The lowest BCUT2D eigenvalue weighted by molar-refractivity contribution is 0.354. The van der Waals surface area contributed by atoms with E-state index in [1.54, 1.807) is 20.3 Å². The molecule has 7 heteroatoms. The van der Waals surface area contributed by atoms with Gasteiger partial charge in [-0.1, -0.05) is 18.2 Å². The van der Waals surface area contributed by atoms with Crippen molar-refractivity contribution < 1.29 is 13.9 Å². The van der Waals surface area contributed by atoms with E-state index in [4.69, 9.17) is 15.2 Å². The van der Waals surface area contributed by atoms with Crippen LogP contribution in [0.25, 0.3) is 0 Å². The van der Waals surface area contributed by atoms with Crippen LogP contribution >= 0.6 is 24.0 Å². The third-order valence-corrected chi connectivity index (χ3v) is 3.74. The molecule has 3 N–H and O–H groups in total. The molecule has 0 amide bonds. The normalized spacial score (nSPS) is 10.8. The van der Waals surface area contributed by atoms with E-state index < -0.39 is 0 Å². The van der Waals surface area contributed by atoms with Crippen LogP contribution in [-0.4, -0.2) is 33.3 Å². The first-order chi connectivity index (χ1) is 12.1. The van der Waals surface area contributed by atoms with Gasteiger partial charge in [0.1, 0.15) is 5.82 Å². The Morgan fingerprint density at radius 1 is 1.04 bits per heavy atom. The van der Waals surface area contributed by atoms with Crippen LogP contribution in [0.15, 0.2) is 47.5 Å². The molecule has 0 fully saturated rings. The molecule has 0 saturated carbocycles. The zero-order valence-electron chi connectivity index (χ0n) is 15.0. The van der Waals surface area contributed by atoms with Crippen LogP contribution in [0, 0.1) is 5.82 Å². The van der Waals surface area contributed by atoms with E-state index in [1.165, 1.54) is 12.1 Å². The van der Waals surface area contributed by atoms with E-state index in [0.717, 1.165) is 17.5 Å². The fraction of sp³-hybridized carbons (Fsp3) is 0.316. The minimum Gasteiger partial charge on any atom is -0.493 e. The second kappa shape index (κ2) is 11.6. The third-order valence-electron chi connectivity index (χ3n) is 3.74. The maximum absolute atomic E-state index is 13.1. The van der Waals surface area contributed by atoms with Gasteiger partial charge in [0, 0.05) is 13.1 Å². The SMILES string of the molecule is COc1ccc(CCN=C(N)NCCc2cccc(F)c2)cc1OC.I. The smallest absolute Gasteiger partial charge is 0.188 e. The fourth-order valence-electron chi connectivity index (χ4n) is 2.42. The van der Waals surface area contributed by atoms with Crippen molar-refractivity contribution in [1.29, 1.82) is 0 Å². The minimum absolute atomic E-state index is 0. The highest BCUT2D eigenvalue weighted by molar-refractivity contribution is 14.0. The number of nitrogens with one attached hydrogen (secondary N) is 1. The van der Waals surface area contributed by atoms with Gasteiger partial charge in [-0.15, -0.1) is 24.0 Å². The number of ether oxygens (including phenoxy) is 2. The number of nitrogens with two attached hydrogens (primary N) is 1. The average Bonchev–Trinajstić information content (AvgIpc) is 2.61. The molecule has 0 saturated heterocycles. The van der Waals surface area contributed by atoms with Crippen molar-refractivity contribution in [2.75, 3.05) is 27.3 Å². The average molecular weight is 473 g/mol. The van der Waals surface area contributed by atoms with Crippen molar-refractivity contribution in [3.63, 3.8) is 0 Å². The number of methoxy groups -OCH3 is 2. The van der Waals surface area contributed by atoms with Crippen LogP contribution in [0.3, 0.4) is 0 Å². The van der Waals surface area contributed by atoms with Crippen LogP contribution in [0.5, 0.6) is 11.5 Å². The zero-order valence-corrected chi connectivity index (χ0v) is 17.3. The summed E-state index contributed by atoms with van der Waals surface area (Å²) in [6.07, 6.45) is 1.43.